The molecule has 0 bridgehead atoms. The number of hydrogen-bond acceptors (Lipinski definition) is 2. The van der Waals surface area contributed by atoms with E-state index in [9.17, 15) is 0 Å². The first-order valence-corrected chi connectivity index (χ1v) is 4.27. The van der Waals surface area contributed by atoms with Crippen molar-refractivity contribution in [1.82, 2.24) is 4.90 Å². The van der Waals surface area contributed by atoms with Crippen LogP contribution in [0.1, 0.15) is 20.8 Å². The van der Waals surface area contributed by atoms with Crippen molar-refractivity contribution in [2.75, 3.05) is 26.2 Å². The molecule has 0 aromatic rings. The topological polar surface area (TPSA) is 12.5 Å². The first kappa shape index (κ1) is 10.5. The van der Waals surface area contributed by atoms with E-state index >= 15 is 0 Å². The highest BCUT2D eigenvalue weighted by Gasteiger charge is 2.00. The molecule has 2 heteroatoms. The Morgan fingerprint density at radius 3 is 2.18 bits per heavy atom. The van der Waals surface area contributed by atoms with Crippen LogP contribution in [-0.4, -0.2) is 31.1 Å². The lowest BCUT2D eigenvalue weighted by Crippen LogP contribution is -2.25. The molecule has 2 nitrogen and oxygen atoms in total. The highest BCUT2D eigenvalue weighted by molar-refractivity contribution is 4.85. The van der Waals surface area contributed by atoms with Crippen molar-refractivity contribution in [3.8, 4) is 0 Å². The van der Waals surface area contributed by atoms with Gasteiger partial charge in [0.25, 0.3) is 0 Å². The minimum Gasteiger partial charge on any atom is -0.497 e. The molecule has 0 radical (unpaired) electrons. The van der Waals surface area contributed by atoms with Gasteiger partial charge >= 0.3 is 0 Å². The van der Waals surface area contributed by atoms with E-state index in [2.05, 4.69) is 25.3 Å². The molecule has 0 spiro atoms. The van der Waals surface area contributed by atoms with Crippen molar-refractivity contribution in [2.45, 2.75) is 20.8 Å². The Morgan fingerprint density at radius 1 is 1.27 bits per heavy atom. The van der Waals surface area contributed by atoms with Crippen molar-refractivity contribution >= 4 is 0 Å². The summed E-state index contributed by atoms with van der Waals surface area (Å²) in [6.07, 6.45) is 0. The van der Waals surface area contributed by atoms with Crippen molar-refractivity contribution in [2.24, 2.45) is 0 Å². The molecular formula is C9H19NO. The normalized spacial score (nSPS) is 10.2. The highest BCUT2D eigenvalue weighted by atomic mass is 16.5. The van der Waals surface area contributed by atoms with Crippen LogP contribution in [-0.2, 0) is 4.74 Å². The Kier molecular flexibility index (Phi) is 5.94. The summed E-state index contributed by atoms with van der Waals surface area (Å²) in [6.45, 7) is 13.8. The van der Waals surface area contributed by atoms with Crippen LogP contribution in [0, 0.1) is 0 Å². The van der Waals surface area contributed by atoms with Crippen molar-refractivity contribution in [3.05, 3.63) is 12.3 Å². The van der Waals surface area contributed by atoms with Crippen molar-refractivity contribution < 1.29 is 4.74 Å². The first-order chi connectivity index (χ1) is 5.24. The summed E-state index contributed by atoms with van der Waals surface area (Å²) in [5.74, 6) is 0.871. The summed E-state index contributed by atoms with van der Waals surface area (Å²) in [7, 11) is 0. The summed E-state index contributed by atoms with van der Waals surface area (Å²) in [5, 5.41) is 0. The van der Waals surface area contributed by atoms with Crippen LogP contribution in [0.5, 0.6) is 0 Å². The van der Waals surface area contributed by atoms with Gasteiger partial charge in [0.1, 0.15) is 5.76 Å². The molecule has 11 heavy (non-hydrogen) atoms. The van der Waals surface area contributed by atoms with E-state index in [1.54, 1.807) is 0 Å². The van der Waals surface area contributed by atoms with Gasteiger partial charge in [0.15, 0.2) is 0 Å². The zero-order valence-electron chi connectivity index (χ0n) is 7.89. The summed E-state index contributed by atoms with van der Waals surface area (Å²) < 4.78 is 5.24. The summed E-state index contributed by atoms with van der Waals surface area (Å²) in [5.41, 5.74) is 0. The second-order valence-corrected chi connectivity index (χ2v) is 2.43. The quantitative estimate of drug-likeness (QED) is 0.546. The predicted molar refractivity (Wildman–Crippen MR) is 48.6 cm³/mol. The highest BCUT2D eigenvalue weighted by Crippen LogP contribution is 1.97. The van der Waals surface area contributed by atoms with Crippen molar-refractivity contribution in [1.29, 1.82) is 0 Å². The molecule has 0 amide bonds. The molecule has 0 unspecified atom stereocenters. The van der Waals surface area contributed by atoms with E-state index in [1.165, 1.54) is 0 Å². The van der Waals surface area contributed by atoms with Gasteiger partial charge in [0.2, 0.25) is 0 Å². The SMILES string of the molecule is C=C(CN(CC)CC)OCC. The predicted octanol–water partition coefficient (Wildman–Crippen LogP) is 1.88. The number of nitrogens with zero attached hydrogens (tertiary/aromatic N) is 1. The first-order valence-electron chi connectivity index (χ1n) is 4.27. The fourth-order valence-electron chi connectivity index (χ4n) is 0.946. The van der Waals surface area contributed by atoms with E-state index < -0.39 is 0 Å². The van der Waals surface area contributed by atoms with Gasteiger partial charge < -0.3 is 4.74 Å². The lowest BCUT2D eigenvalue weighted by molar-refractivity contribution is 0.187. The maximum atomic E-state index is 5.24. The second-order valence-electron chi connectivity index (χ2n) is 2.43. The van der Waals surface area contributed by atoms with Gasteiger partial charge in [-0.05, 0) is 20.0 Å². The summed E-state index contributed by atoms with van der Waals surface area (Å²) in [6, 6.07) is 0. The van der Waals surface area contributed by atoms with Gasteiger partial charge in [0, 0.05) is 0 Å². The molecule has 0 saturated heterocycles. The van der Waals surface area contributed by atoms with E-state index in [4.69, 9.17) is 4.74 Å². The largest absolute Gasteiger partial charge is 0.497 e. The van der Waals surface area contributed by atoms with Gasteiger partial charge in [-0.3, -0.25) is 4.90 Å². The van der Waals surface area contributed by atoms with Gasteiger partial charge in [-0.25, -0.2) is 0 Å². The fraction of sp³-hybridized carbons (Fsp3) is 0.778. The smallest absolute Gasteiger partial charge is 0.103 e. The Morgan fingerprint density at radius 2 is 1.82 bits per heavy atom. The monoisotopic (exact) mass is 157 g/mol. The third-order valence-corrected chi connectivity index (χ3v) is 1.64. The van der Waals surface area contributed by atoms with Gasteiger partial charge in [0.05, 0.1) is 13.2 Å². The van der Waals surface area contributed by atoms with Crippen LogP contribution < -0.4 is 0 Å². The fourth-order valence-corrected chi connectivity index (χ4v) is 0.946. The molecule has 0 aromatic heterocycles. The average molecular weight is 157 g/mol. The van der Waals surface area contributed by atoms with Gasteiger partial charge in [-0.15, -0.1) is 0 Å². The van der Waals surface area contributed by atoms with Crippen molar-refractivity contribution in [3.63, 3.8) is 0 Å². The standard InChI is InChI=1S/C9H19NO/c1-5-10(6-2)8-9(4)11-7-3/h4-8H2,1-3H3. The van der Waals surface area contributed by atoms with Gasteiger partial charge in [-0.2, -0.15) is 0 Å². The molecule has 0 heterocycles. The Hall–Kier alpha value is -0.500. The molecular weight excluding hydrogens is 138 g/mol. The molecule has 0 aliphatic heterocycles. The molecule has 0 aliphatic carbocycles. The van der Waals surface area contributed by atoms with Gasteiger partial charge in [-0.1, -0.05) is 20.4 Å². The molecule has 0 aromatic carbocycles. The van der Waals surface area contributed by atoms with Crippen LogP contribution in [0.25, 0.3) is 0 Å². The van der Waals surface area contributed by atoms with Crippen LogP contribution in [0.3, 0.4) is 0 Å². The van der Waals surface area contributed by atoms with E-state index in [1.807, 2.05) is 6.92 Å². The molecule has 0 N–H and O–H groups in total. The molecule has 0 aliphatic rings. The third-order valence-electron chi connectivity index (χ3n) is 1.64. The third kappa shape index (κ3) is 4.85. The van der Waals surface area contributed by atoms with E-state index in [0.717, 1.165) is 32.0 Å². The molecule has 66 valence electrons. The molecule has 0 fully saturated rings. The average Bonchev–Trinajstić information content (AvgIpc) is 2.01. The van der Waals surface area contributed by atoms with Crippen LogP contribution in [0.4, 0.5) is 0 Å². The Balaban J connectivity index is 3.54. The minimum atomic E-state index is 0.722. The zero-order valence-corrected chi connectivity index (χ0v) is 7.89. The maximum absolute atomic E-state index is 5.24. The lowest BCUT2D eigenvalue weighted by atomic mass is 10.4. The lowest BCUT2D eigenvalue weighted by Gasteiger charge is -2.18. The van der Waals surface area contributed by atoms with E-state index in [-0.39, 0.29) is 0 Å². The molecule has 0 saturated carbocycles. The Labute approximate surface area is 69.8 Å². The number of hydrogen-bond donors (Lipinski definition) is 0. The minimum absolute atomic E-state index is 0.722. The van der Waals surface area contributed by atoms with E-state index in [0.29, 0.717) is 0 Å². The number of likely N-dealkylation sites (N-methyl/N-ethyl adjacent to an activating group) is 1. The number of ether oxygens (including phenoxy) is 1. The Bertz CT molecular complexity index is 108. The summed E-state index contributed by atoms with van der Waals surface area (Å²) in [4.78, 5) is 2.28. The zero-order chi connectivity index (χ0) is 8.69. The van der Waals surface area contributed by atoms with Crippen LogP contribution in [0.15, 0.2) is 12.3 Å². The maximum Gasteiger partial charge on any atom is 0.103 e. The summed E-state index contributed by atoms with van der Waals surface area (Å²) >= 11 is 0. The second kappa shape index (κ2) is 6.23. The number of rotatable bonds is 6. The van der Waals surface area contributed by atoms with Crippen LogP contribution >= 0.6 is 0 Å². The molecule has 0 atom stereocenters. The van der Waals surface area contributed by atoms with Crippen LogP contribution in [0.2, 0.25) is 0 Å². The molecule has 0 rings (SSSR count).